The van der Waals surface area contributed by atoms with Crippen LogP contribution in [0, 0.1) is 11.8 Å². The predicted molar refractivity (Wildman–Crippen MR) is 86.4 cm³/mol. The maximum atomic E-state index is 9.21. The molecule has 1 heterocycles. The fraction of sp³-hybridized carbons (Fsp3) is 1.00. The second-order valence-corrected chi connectivity index (χ2v) is 12.7. The summed E-state index contributed by atoms with van der Waals surface area (Å²) in [5.41, 5.74) is 0. The molecule has 4 heteroatoms. The summed E-state index contributed by atoms with van der Waals surface area (Å²) in [6, 6.07) is 0. The van der Waals surface area contributed by atoms with Crippen molar-refractivity contribution < 1.29 is 14.3 Å². The van der Waals surface area contributed by atoms with E-state index in [0.29, 0.717) is 11.8 Å². The number of hydrogen-bond donors (Lipinski definition) is 1. The molecule has 1 N–H and O–H groups in total. The number of aliphatic hydroxyl groups is 1. The van der Waals surface area contributed by atoms with Crippen molar-refractivity contribution in [3.63, 3.8) is 0 Å². The van der Waals surface area contributed by atoms with Crippen molar-refractivity contribution in [1.82, 2.24) is 0 Å². The predicted octanol–water partition coefficient (Wildman–Crippen LogP) is 3.82. The highest BCUT2D eigenvalue weighted by atomic mass is 28.4. The quantitative estimate of drug-likeness (QED) is 0.574. The zero-order valence-corrected chi connectivity index (χ0v) is 15.6. The van der Waals surface area contributed by atoms with Crippen LogP contribution in [0.1, 0.15) is 48.0 Å². The molecule has 0 unspecified atom stereocenters. The van der Waals surface area contributed by atoms with E-state index in [4.69, 9.17) is 9.16 Å². The van der Waals surface area contributed by atoms with E-state index in [2.05, 4.69) is 54.6 Å². The van der Waals surface area contributed by atoms with E-state index in [1.165, 1.54) is 0 Å². The SMILES string of the molecule is CC[C@H](C)[C@@H](O[Si](C)(C)C(C)(C)C)[C@H](C)[C@@H]1O[C@H]1CO. The summed E-state index contributed by atoms with van der Waals surface area (Å²) >= 11 is 0. The lowest BCUT2D eigenvalue weighted by Gasteiger charge is -2.42. The zero-order chi connectivity index (χ0) is 15.7. The topological polar surface area (TPSA) is 42.0 Å². The van der Waals surface area contributed by atoms with Crippen LogP contribution in [-0.2, 0) is 9.16 Å². The van der Waals surface area contributed by atoms with Crippen molar-refractivity contribution in [2.75, 3.05) is 6.61 Å². The molecule has 0 spiro atoms. The van der Waals surface area contributed by atoms with Gasteiger partial charge in [0, 0.05) is 5.92 Å². The molecule has 0 aromatic carbocycles. The summed E-state index contributed by atoms with van der Waals surface area (Å²) in [7, 11) is -1.78. The zero-order valence-electron chi connectivity index (χ0n) is 14.6. The van der Waals surface area contributed by atoms with Crippen molar-refractivity contribution in [2.45, 2.75) is 84.4 Å². The molecule has 0 aromatic rings. The van der Waals surface area contributed by atoms with E-state index in [-0.39, 0.29) is 30.0 Å². The van der Waals surface area contributed by atoms with Crippen LogP contribution in [0.5, 0.6) is 0 Å². The van der Waals surface area contributed by atoms with Crippen molar-refractivity contribution >= 4 is 8.32 Å². The van der Waals surface area contributed by atoms with Crippen LogP contribution in [0.2, 0.25) is 18.1 Å². The Kier molecular flexibility index (Phi) is 5.87. The summed E-state index contributed by atoms with van der Waals surface area (Å²) in [6.45, 7) is 18.3. The maximum Gasteiger partial charge on any atom is 0.192 e. The third-order valence-electron chi connectivity index (χ3n) is 5.28. The van der Waals surface area contributed by atoms with E-state index in [9.17, 15) is 5.11 Å². The normalized spacial score (nSPS) is 28.1. The highest BCUT2D eigenvalue weighted by Gasteiger charge is 2.49. The lowest BCUT2D eigenvalue weighted by atomic mass is 9.88. The number of hydrogen-bond acceptors (Lipinski definition) is 3. The van der Waals surface area contributed by atoms with Crippen molar-refractivity contribution in [3.05, 3.63) is 0 Å². The smallest absolute Gasteiger partial charge is 0.192 e. The highest BCUT2D eigenvalue weighted by molar-refractivity contribution is 6.74. The van der Waals surface area contributed by atoms with Crippen LogP contribution in [-0.4, -0.2) is 38.3 Å². The van der Waals surface area contributed by atoms with Gasteiger partial charge in [-0.3, -0.25) is 0 Å². The van der Waals surface area contributed by atoms with Gasteiger partial charge in [-0.25, -0.2) is 0 Å². The molecule has 5 atom stereocenters. The van der Waals surface area contributed by atoms with Gasteiger partial charge in [0.05, 0.1) is 18.8 Å². The molecule has 0 bridgehead atoms. The fourth-order valence-electron chi connectivity index (χ4n) is 2.44. The molecule has 1 fully saturated rings. The Labute approximate surface area is 126 Å². The molecule has 1 aliphatic rings. The molecule has 120 valence electrons. The third kappa shape index (κ3) is 4.06. The molecule has 1 rings (SSSR count). The van der Waals surface area contributed by atoms with Crippen LogP contribution in [0.4, 0.5) is 0 Å². The molecular weight excluding hydrogens is 268 g/mol. The van der Waals surface area contributed by atoms with E-state index < -0.39 is 8.32 Å². The van der Waals surface area contributed by atoms with Crippen molar-refractivity contribution in [1.29, 1.82) is 0 Å². The van der Waals surface area contributed by atoms with Gasteiger partial charge in [-0.05, 0) is 24.1 Å². The summed E-state index contributed by atoms with van der Waals surface area (Å²) in [5.74, 6) is 0.860. The lowest BCUT2D eigenvalue weighted by molar-refractivity contribution is 0.0600. The van der Waals surface area contributed by atoms with Gasteiger partial charge in [-0.2, -0.15) is 0 Å². The Bertz CT molecular complexity index is 311. The molecule has 0 amide bonds. The second-order valence-electron chi connectivity index (χ2n) is 7.91. The summed E-state index contributed by atoms with van der Waals surface area (Å²) in [6.07, 6.45) is 1.53. The van der Waals surface area contributed by atoms with Crippen molar-refractivity contribution in [2.24, 2.45) is 11.8 Å². The minimum Gasteiger partial charge on any atom is -0.413 e. The van der Waals surface area contributed by atoms with E-state index in [0.717, 1.165) is 6.42 Å². The average Bonchev–Trinajstić information content (AvgIpc) is 3.12. The average molecular weight is 303 g/mol. The Morgan fingerprint density at radius 2 is 1.80 bits per heavy atom. The Balaban J connectivity index is 2.80. The molecule has 3 nitrogen and oxygen atoms in total. The first-order chi connectivity index (χ1) is 9.05. The first kappa shape index (κ1) is 18.1. The van der Waals surface area contributed by atoms with Crippen LogP contribution in [0.15, 0.2) is 0 Å². The molecule has 0 aromatic heterocycles. The molecule has 1 aliphatic heterocycles. The van der Waals surface area contributed by atoms with Crippen molar-refractivity contribution in [3.8, 4) is 0 Å². The molecular formula is C16H34O3Si. The van der Waals surface area contributed by atoms with Gasteiger partial charge in [-0.15, -0.1) is 0 Å². The number of rotatable bonds is 7. The number of aliphatic hydroxyl groups excluding tert-OH is 1. The van der Waals surface area contributed by atoms with Crippen LogP contribution < -0.4 is 0 Å². The van der Waals surface area contributed by atoms with E-state index >= 15 is 0 Å². The Hall–Kier alpha value is 0.0969. The molecule has 1 saturated heterocycles. The minimum absolute atomic E-state index is 0.0274. The van der Waals surface area contributed by atoms with Gasteiger partial charge in [0.1, 0.15) is 6.10 Å². The van der Waals surface area contributed by atoms with Gasteiger partial charge < -0.3 is 14.3 Å². The second kappa shape index (κ2) is 6.47. The monoisotopic (exact) mass is 302 g/mol. The molecule has 20 heavy (non-hydrogen) atoms. The Morgan fingerprint density at radius 3 is 2.15 bits per heavy atom. The molecule has 0 aliphatic carbocycles. The largest absolute Gasteiger partial charge is 0.413 e. The van der Waals surface area contributed by atoms with Gasteiger partial charge in [0.15, 0.2) is 8.32 Å². The highest BCUT2D eigenvalue weighted by Crippen LogP contribution is 2.42. The maximum absolute atomic E-state index is 9.21. The lowest BCUT2D eigenvalue weighted by Crippen LogP contribution is -2.48. The number of ether oxygens (including phenoxy) is 1. The van der Waals surface area contributed by atoms with Gasteiger partial charge in [0.25, 0.3) is 0 Å². The van der Waals surface area contributed by atoms with Gasteiger partial charge >= 0.3 is 0 Å². The summed E-state index contributed by atoms with van der Waals surface area (Å²) in [5, 5.41) is 9.43. The van der Waals surface area contributed by atoms with Gasteiger partial charge in [0.2, 0.25) is 0 Å². The van der Waals surface area contributed by atoms with E-state index in [1.807, 2.05) is 0 Å². The van der Waals surface area contributed by atoms with E-state index in [1.54, 1.807) is 0 Å². The summed E-state index contributed by atoms with van der Waals surface area (Å²) < 4.78 is 12.3. The van der Waals surface area contributed by atoms with Crippen LogP contribution >= 0.6 is 0 Å². The third-order valence-corrected chi connectivity index (χ3v) is 9.75. The fourth-order valence-corrected chi connectivity index (χ4v) is 3.92. The number of epoxide rings is 1. The van der Waals surface area contributed by atoms with Crippen LogP contribution in [0.3, 0.4) is 0 Å². The first-order valence-corrected chi connectivity index (χ1v) is 10.9. The minimum atomic E-state index is -1.78. The molecule has 0 saturated carbocycles. The summed E-state index contributed by atoms with van der Waals surface area (Å²) in [4.78, 5) is 0. The van der Waals surface area contributed by atoms with Gasteiger partial charge in [-0.1, -0.05) is 48.0 Å². The molecule has 0 radical (unpaired) electrons. The Morgan fingerprint density at radius 1 is 1.25 bits per heavy atom. The van der Waals surface area contributed by atoms with Crippen LogP contribution in [0.25, 0.3) is 0 Å². The first-order valence-electron chi connectivity index (χ1n) is 7.99. The standard InChI is InChI=1S/C16H34O3Si/c1-9-11(2)14(12(3)15-13(10-17)18-15)19-20(7,8)16(4,5)6/h11-15,17H,9-10H2,1-8H3/t11-,12-,13-,14+,15-/m0/s1.